The van der Waals surface area contributed by atoms with E-state index in [2.05, 4.69) is 20.8 Å². The van der Waals surface area contributed by atoms with Gasteiger partial charge >= 0.3 is 0 Å². The Morgan fingerprint density at radius 2 is 2.09 bits per heavy atom. The van der Waals surface area contributed by atoms with Gasteiger partial charge in [-0.3, -0.25) is 4.79 Å². The van der Waals surface area contributed by atoms with Crippen LogP contribution in [0.25, 0.3) is 5.69 Å². The minimum absolute atomic E-state index is 0. The van der Waals surface area contributed by atoms with Crippen molar-refractivity contribution >= 4 is 18.3 Å². The molecule has 0 radical (unpaired) electrons. The molecule has 22 heavy (non-hydrogen) atoms. The molecule has 1 amide bonds. The molecule has 1 aliphatic carbocycles. The summed E-state index contributed by atoms with van der Waals surface area (Å²) in [5.41, 5.74) is 6.92. The standard InChI is InChI=1S/C14H18N6O.ClH/c1-14(8-15,11-4-5-11)17-13(21)10-2-6-12(7-3-10)20-9-16-18-19-20;/h2-3,6-7,9,11H,4-5,8,15H2,1H3,(H,17,21);1H. The Labute approximate surface area is 134 Å². The van der Waals surface area contributed by atoms with Crippen LogP contribution in [0, 0.1) is 5.92 Å². The summed E-state index contributed by atoms with van der Waals surface area (Å²) in [5, 5.41) is 14.0. The van der Waals surface area contributed by atoms with Crippen molar-refractivity contribution in [2.45, 2.75) is 25.3 Å². The minimum Gasteiger partial charge on any atom is -0.345 e. The molecule has 2 aromatic rings. The smallest absolute Gasteiger partial charge is 0.251 e. The molecule has 1 aromatic carbocycles. The van der Waals surface area contributed by atoms with Crippen LogP contribution in [0.2, 0.25) is 0 Å². The van der Waals surface area contributed by atoms with Crippen LogP contribution in [0.1, 0.15) is 30.1 Å². The topological polar surface area (TPSA) is 98.7 Å². The molecule has 1 unspecified atom stereocenters. The summed E-state index contributed by atoms with van der Waals surface area (Å²) >= 11 is 0. The highest BCUT2D eigenvalue weighted by Gasteiger charge is 2.41. The lowest BCUT2D eigenvalue weighted by molar-refractivity contribution is 0.0898. The van der Waals surface area contributed by atoms with Gasteiger partial charge in [0.15, 0.2) is 0 Å². The molecule has 0 aliphatic heterocycles. The quantitative estimate of drug-likeness (QED) is 0.853. The van der Waals surface area contributed by atoms with Crippen LogP contribution >= 0.6 is 12.4 Å². The van der Waals surface area contributed by atoms with E-state index < -0.39 is 0 Å². The zero-order valence-electron chi connectivity index (χ0n) is 12.3. The number of nitrogens with zero attached hydrogens (tertiary/aromatic N) is 4. The zero-order valence-corrected chi connectivity index (χ0v) is 13.1. The second kappa shape index (κ2) is 6.41. The summed E-state index contributed by atoms with van der Waals surface area (Å²) in [6.07, 6.45) is 3.77. The van der Waals surface area contributed by atoms with E-state index in [1.165, 1.54) is 11.0 Å². The molecule has 1 aliphatic rings. The first-order valence-electron chi connectivity index (χ1n) is 6.98. The number of tetrazole rings is 1. The first-order chi connectivity index (χ1) is 10.1. The van der Waals surface area contributed by atoms with Gasteiger partial charge in [-0.1, -0.05) is 0 Å². The summed E-state index contributed by atoms with van der Waals surface area (Å²) in [7, 11) is 0. The molecule has 1 heterocycles. The van der Waals surface area contributed by atoms with E-state index in [1.54, 1.807) is 12.1 Å². The van der Waals surface area contributed by atoms with Crippen LogP contribution in [-0.2, 0) is 0 Å². The van der Waals surface area contributed by atoms with E-state index >= 15 is 0 Å². The molecule has 3 rings (SSSR count). The van der Waals surface area contributed by atoms with Crippen LogP contribution in [0.15, 0.2) is 30.6 Å². The van der Waals surface area contributed by atoms with E-state index in [0.29, 0.717) is 18.0 Å². The number of benzene rings is 1. The maximum Gasteiger partial charge on any atom is 0.251 e. The molecule has 1 aromatic heterocycles. The fourth-order valence-electron chi connectivity index (χ4n) is 2.42. The Balaban J connectivity index is 0.00000176. The fourth-order valence-corrected chi connectivity index (χ4v) is 2.42. The highest BCUT2D eigenvalue weighted by atomic mass is 35.5. The van der Waals surface area contributed by atoms with Crippen LogP contribution in [0.3, 0.4) is 0 Å². The van der Waals surface area contributed by atoms with Gasteiger partial charge in [0.1, 0.15) is 6.33 Å². The number of carbonyl (C=O) groups excluding carboxylic acids is 1. The third-order valence-electron chi connectivity index (χ3n) is 4.04. The van der Waals surface area contributed by atoms with Crippen molar-refractivity contribution < 1.29 is 4.79 Å². The van der Waals surface area contributed by atoms with Gasteiger partial charge in [0, 0.05) is 12.1 Å². The molecule has 118 valence electrons. The lowest BCUT2D eigenvalue weighted by atomic mass is 9.95. The lowest BCUT2D eigenvalue weighted by Crippen LogP contribution is -2.53. The van der Waals surface area contributed by atoms with Crippen molar-refractivity contribution in [3.63, 3.8) is 0 Å². The fraction of sp³-hybridized carbons (Fsp3) is 0.429. The normalized spacial score (nSPS) is 16.5. The van der Waals surface area contributed by atoms with Gasteiger partial charge in [0.2, 0.25) is 0 Å². The summed E-state index contributed by atoms with van der Waals surface area (Å²) in [6.45, 7) is 2.46. The Morgan fingerprint density at radius 1 is 1.41 bits per heavy atom. The molecule has 1 atom stereocenters. The van der Waals surface area contributed by atoms with Crippen molar-refractivity contribution in [1.29, 1.82) is 0 Å². The van der Waals surface area contributed by atoms with Crippen LogP contribution in [0.4, 0.5) is 0 Å². The number of amides is 1. The van der Waals surface area contributed by atoms with E-state index in [-0.39, 0.29) is 23.9 Å². The molecule has 1 fully saturated rings. The largest absolute Gasteiger partial charge is 0.345 e. The summed E-state index contributed by atoms with van der Waals surface area (Å²) < 4.78 is 1.54. The number of hydrogen-bond donors (Lipinski definition) is 2. The third kappa shape index (κ3) is 3.26. The Morgan fingerprint density at radius 3 is 2.59 bits per heavy atom. The maximum absolute atomic E-state index is 12.3. The molecular formula is C14H19ClN6O. The van der Waals surface area contributed by atoms with E-state index in [0.717, 1.165) is 18.5 Å². The van der Waals surface area contributed by atoms with E-state index in [9.17, 15) is 4.79 Å². The monoisotopic (exact) mass is 322 g/mol. The number of carbonyl (C=O) groups is 1. The Bertz CT molecular complexity index is 625. The zero-order chi connectivity index (χ0) is 14.9. The molecule has 0 spiro atoms. The van der Waals surface area contributed by atoms with Crippen molar-refractivity contribution in [3.05, 3.63) is 36.2 Å². The number of hydrogen-bond acceptors (Lipinski definition) is 5. The first kappa shape index (κ1) is 16.4. The second-order valence-corrected chi connectivity index (χ2v) is 5.65. The lowest BCUT2D eigenvalue weighted by Gasteiger charge is -2.29. The van der Waals surface area contributed by atoms with E-state index in [4.69, 9.17) is 5.73 Å². The summed E-state index contributed by atoms with van der Waals surface area (Å²) in [5.74, 6) is 0.394. The van der Waals surface area contributed by atoms with Crippen molar-refractivity contribution in [1.82, 2.24) is 25.5 Å². The molecule has 3 N–H and O–H groups in total. The van der Waals surface area contributed by atoms with Gasteiger partial charge in [0.25, 0.3) is 5.91 Å². The first-order valence-corrected chi connectivity index (χ1v) is 6.98. The number of nitrogens with one attached hydrogen (secondary N) is 1. The number of rotatable bonds is 5. The third-order valence-corrected chi connectivity index (χ3v) is 4.04. The highest BCUT2D eigenvalue weighted by molar-refractivity contribution is 5.94. The number of halogens is 1. The molecular weight excluding hydrogens is 304 g/mol. The molecule has 7 nitrogen and oxygen atoms in total. The molecule has 0 saturated heterocycles. The van der Waals surface area contributed by atoms with Crippen LogP contribution < -0.4 is 11.1 Å². The molecule has 1 saturated carbocycles. The van der Waals surface area contributed by atoms with Gasteiger partial charge in [-0.25, -0.2) is 4.68 Å². The van der Waals surface area contributed by atoms with Gasteiger partial charge in [-0.2, -0.15) is 0 Å². The average Bonchev–Trinajstić information content (AvgIpc) is 3.23. The Hall–Kier alpha value is -1.99. The van der Waals surface area contributed by atoms with Crippen molar-refractivity contribution in [3.8, 4) is 5.69 Å². The highest BCUT2D eigenvalue weighted by Crippen LogP contribution is 2.39. The van der Waals surface area contributed by atoms with Gasteiger partial charge < -0.3 is 11.1 Å². The minimum atomic E-state index is -0.314. The number of aromatic nitrogens is 4. The predicted molar refractivity (Wildman–Crippen MR) is 84.1 cm³/mol. The predicted octanol–water partition coefficient (Wildman–Crippen LogP) is 0.941. The van der Waals surface area contributed by atoms with Crippen LogP contribution in [0.5, 0.6) is 0 Å². The SMILES string of the molecule is CC(CN)(NC(=O)c1ccc(-n2cnnn2)cc1)C1CC1.Cl. The molecule has 8 heteroatoms. The second-order valence-electron chi connectivity index (χ2n) is 5.65. The summed E-state index contributed by atoms with van der Waals surface area (Å²) in [4.78, 5) is 12.3. The van der Waals surface area contributed by atoms with Crippen molar-refractivity contribution in [2.75, 3.05) is 6.54 Å². The molecule has 0 bridgehead atoms. The van der Waals surface area contributed by atoms with Gasteiger partial charge in [0.05, 0.1) is 11.2 Å². The number of nitrogens with two attached hydrogens (primary N) is 1. The summed E-state index contributed by atoms with van der Waals surface area (Å²) in [6, 6.07) is 7.14. The average molecular weight is 323 g/mol. The maximum atomic E-state index is 12.3. The van der Waals surface area contributed by atoms with Crippen LogP contribution in [-0.4, -0.2) is 38.2 Å². The van der Waals surface area contributed by atoms with Gasteiger partial charge in [-0.05, 0) is 60.4 Å². The van der Waals surface area contributed by atoms with Gasteiger partial charge in [-0.15, -0.1) is 17.5 Å². The Kier molecular flexibility index (Phi) is 4.77. The van der Waals surface area contributed by atoms with Crippen molar-refractivity contribution in [2.24, 2.45) is 11.7 Å². The van der Waals surface area contributed by atoms with E-state index in [1.807, 2.05) is 19.1 Å².